The minimum absolute atomic E-state index is 0.0318. The maximum absolute atomic E-state index is 12.9. The van der Waals surface area contributed by atoms with E-state index in [0.29, 0.717) is 25.0 Å². The molecule has 1 aliphatic rings. The Balaban J connectivity index is 1.49. The Hall–Kier alpha value is -3.53. The Morgan fingerprint density at radius 3 is 2.67 bits per heavy atom. The van der Waals surface area contributed by atoms with Crippen LogP contribution < -0.4 is 10.6 Å². The van der Waals surface area contributed by atoms with Crippen molar-refractivity contribution in [1.29, 1.82) is 5.26 Å². The molecule has 7 nitrogen and oxygen atoms in total. The third-order valence-corrected chi connectivity index (χ3v) is 5.99. The van der Waals surface area contributed by atoms with Crippen LogP contribution in [0.15, 0.2) is 48.5 Å². The molecular weight excluding hydrogens is 418 g/mol. The summed E-state index contributed by atoms with van der Waals surface area (Å²) >= 11 is 0. The highest BCUT2D eigenvalue weighted by atomic mass is 16.5. The van der Waals surface area contributed by atoms with Crippen LogP contribution in [-0.4, -0.2) is 29.8 Å². The van der Waals surface area contributed by atoms with E-state index in [1.807, 2.05) is 6.92 Å². The van der Waals surface area contributed by atoms with E-state index in [1.165, 1.54) is 23.3 Å². The van der Waals surface area contributed by atoms with E-state index in [2.05, 4.69) is 41.0 Å². The van der Waals surface area contributed by atoms with Gasteiger partial charge in [-0.05, 0) is 55.9 Å². The number of nitrogens with zero attached hydrogens (tertiary/aromatic N) is 1. The largest absolute Gasteiger partial charge is 0.508 e. The number of rotatable bonds is 8. The number of nitriles is 1. The zero-order chi connectivity index (χ0) is 23.6. The van der Waals surface area contributed by atoms with Crippen LogP contribution in [0.1, 0.15) is 54.8 Å². The van der Waals surface area contributed by atoms with Crippen molar-refractivity contribution in [2.75, 3.05) is 6.61 Å². The Bertz CT molecular complexity index is 984. The number of hydrogen-bond donors (Lipinski definition) is 3. The number of phenols is 1. The number of benzene rings is 2. The molecule has 3 atom stereocenters. The predicted molar refractivity (Wildman–Crippen MR) is 124 cm³/mol. The van der Waals surface area contributed by atoms with E-state index in [-0.39, 0.29) is 17.7 Å². The third-order valence-electron chi connectivity index (χ3n) is 5.99. The molecule has 0 aliphatic heterocycles. The van der Waals surface area contributed by atoms with Crippen molar-refractivity contribution in [3.05, 3.63) is 65.2 Å². The molecule has 3 N–H and O–H groups in total. The van der Waals surface area contributed by atoms with Gasteiger partial charge in [-0.15, -0.1) is 0 Å². The summed E-state index contributed by atoms with van der Waals surface area (Å²) in [7, 11) is 0. The summed E-state index contributed by atoms with van der Waals surface area (Å²) in [5.41, 5.74) is 2.93. The van der Waals surface area contributed by atoms with Crippen LogP contribution in [0.25, 0.3) is 0 Å². The van der Waals surface area contributed by atoms with Gasteiger partial charge in [-0.1, -0.05) is 54.8 Å². The second kappa shape index (κ2) is 11.9. The Morgan fingerprint density at radius 2 is 1.94 bits per heavy atom. The van der Waals surface area contributed by atoms with Crippen LogP contribution in [0.3, 0.4) is 0 Å². The molecule has 2 aromatic carbocycles. The quantitative estimate of drug-likeness (QED) is 0.520. The molecule has 0 radical (unpaired) electrons. The molecule has 1 saturated carbocycles. The van der Waals surface area contributed by atoms with Crippen molar-refractivity contribution in [3.8, 4) is 11.8 Å². The summed E-state index contributed by atoms with van der Waals surface area (Å²) in [5, 5.41) is 24.8. The number of nitrogens with one attached hydrogen (secondary N) is 2. The highest BCUT2D eigenvalue weighted by Gasteiger charge is 2.33. The maximum Gasteiger partial charge on any atom is 0.407 e. The lowest BCUT2D eigenvalue weighted by atomic mass is 9.83. The van der Waals surface area contributed by atoms with Gasteiger partial charge in [0.15, 0.2) is 0 Å². The first-order valence-electron chi connectivity index (χ1n) is 11.4. The average molecular weight is 450 g/mol. The number of aryl methyl sites for hydroxylation is 2. The first-order valence-corrected chi connectivity index (χ1v) is 11.4. The molecule has 0 bridgehead atoms. The smallest absolute Gasteiger partial charge is 0.407 e. The lowest BCUT2D eigenvalue weighted by Gasteiger charge is -2.31. The lowest BCUT2D eigenvalue weighted by Crippen LogP contribution is -2.49. The third kappa shape index (κ3) is 7.25. The van der Waals surface area contributed by atoms with E-state index in [4.69, 9.17) is 4.74 Å². The Labute approximate surface area is 194 Å². The van der Waals surface area contributed by atoms with Crippen molar-refractivity contribution < 1.29 is 19.4 Å². The molecule has 7 heteroatoms. The summed E-state index contributed by atoms with van der Waals surface area (Å²) in [4.78, 5) is 25.3. The molecule has 2 aromatic rings. The van der Waals surface area contributed by atoms with Crippen LogP contribution in [-0.2, 0) is 16.0 Å². The van der Waals surface area contributed by atoms with Gasteiger partial charge < -0.3 is 20.5 Å². The Morgan fingerprint density at radius 1 is 1.18 bits per heavy atom. The van der Waals surface area contributed by atoms with Gasteiger partial charge in [0.25, 0.3) is 0 Å². The molecule has 174 valence electrons. The highest BCUT2D eigenvalue weighted by Crippen LogP contribution is 2.26. The van der Waals surface area contributed by atoms with Crippen LogP contribution in [0.4, 0.5) is 4.79 Å². The molecule has 2 amide bonds. The highest BCUT2D eigenvalue weighted by molar-refractivity contribution is 5.81. The van der Waals surface area contributed by atoms with Gasteiger partial charge in [0.2, 0.25) is 5.91 Å². The predicted octanol–water partition coefficient (Wildman–Crippen LogP) is 4.30. The number of hydrogen-bond acceptors (Lipinski definition) is 5. The van der Waals surface area contributed by atoms with Gasteiger partial charge in [0, 0.05) is 6.04 Å². The lowest BCUT2D eigenvalue weighted by molar-refractivity contribution is -0.127. The monoisotopic (exact) mass is 449 g/mol. The van der Waals surface area contributed by atoms with Crippen LogP contribution in [0.5, 0.6) is 5.75 Å². The van der Waals surface area contributed by atoms with E-state index >= 15 is 0 Å². The van der Waals surface area contributed by atoms with E-state index in [9.17, 15) is 20.0 Å². The number of ether oxygens (including phenoxy) is 1. The molecular formula is C26H31N3O4. The topological polar surface area (TPSA) is 111 Å². The molecule has 33 heavy (non-hydrogen) atoms. The summed E-state index contributed by atoms with van der Waals surface area (Å²) in [6.07, 6.45) is 4.13. The van der Waals surface area contributed by atoms with Crippen molar-refractivity contribution >= 4 is 12.0 Å². The molecule has 3 rings (SSSR count). The van der Waals surface area contributed by atoms with Gasteiger partial charge in [-0.3, -0.25) is 4.79 Å². The molecule has 0 spiro atoms. The van der Waals surface area contributed by atoms with Crippen LogP contribution >= 0.6 is 0 Å². The summed E-state index contributed by atoms with van der Waals surface area (Å²) in [5.74, 6) is -0.689. The number of alkyl carbamates (subject to hydrolysis) is 1. The normalized spacial score (nSPS) is 18.5. The molecule has 0 heterocycles. The maximum atomic E-state index is 12.9. The zero-order valence-electron chi connectivity index (χ0n) is 18.9. The molecule has 3 unspecified atom stereocenters. The first kappa shape index (κ1) is 24.1. The minimum Gasteiger partial charge on any atom is -0.508 e. The fraction of sp³-hybridized carbons (Fsp3) is 0.423. The van der Waals surface area contributed by atoms with E-state index in [0.717, 1.165) is 25.7 Å². The van der Waals surface area contributed by atoms with Gasteiger partial charge in [-0.25, -0.2) is 4.79 Å². The second-order valence-corrected chi connectivity index (χ2v) is 8.53. The molecule has 0 aromatic heterocycles. The van der Waals surface area contributed by atoms with E-state index in [1.54, 1.807) is 12.1 Å². The van der Waals surface area contributed by atoms with Crippen LogP contribution in [0.2, 0.25) is 0 Å². The average Bonchev–Trinajstić information content (AvgIpc) is 2.81. The van der Waals surface area contributed by atoms with Crippen LogP contribution in [0, 0.1) is 24.2 Å². The first-order chi connectivity index (χ1) is 16.0. The van der Waals surface area contributed by atoms with Gasteiger partial charge in [-0.2, -0.15) is 5.26 Å². The van der Waals surface area contributed by atoms with Crippen molar-refractivity contribution in [2.45, 2.75) is 57.5 Å². The summed E-state index contributed by atoms with van der Waals surface area (Å²) < 4.78 is 5.34. The zero-order valence-corrected chi connectivity index (χ0v) is 18.9. The standard InChI is InChI=1S/C26H31N3O4/c1-18-11-13-19(14-12-18)6-5-15-33-26(32)29-23-10-3-2-9-22(23)25(31)28-24(17-27)20-7-4-8-21(30)16-20/h4,7-8,11-14,16,22-24,30H,2-3,5-6,9-10,15H2,1H3,(H,28,31)(H,29,32). The Kier molecular flexibility index (Phi) is 8.71. The molecule has 1 fully saturated rings. The number of amides is 2. The number of phenolic OH excluding ortho intramolecular Hbond substituents is 1. The number of aromatic hydroxyl groups is 1. The van der Waals surface area contributed by atoms with Gasteiger partial charge in [0.1, 0.15) is 11.8 Å². The molecule has 1 aliphatic carbocycles. The number of carbonyl (C=O) groups excluding carboxylic acids is 2. The summed E-state index contributed by atoms with van der Waals surface area (Å²) in [6.45, 7) is 2.35. The summed E-state index contributed by atoms with van der Waals surface area (Å²) in [6, 6.07) is 15.4. The van der Waals surface area contributed by atoms with Gasteiger partial charge in [0.05, 0.1) is 18.6 Å². The van der Waals surface area contributed by atoms with Gasteiger partial charge >= 0.3 is 6.09 Å². The fourth-order valence-electron chi connectivity index (χ4n) is 4.15. The molecule has 0 saturated heterocycles. The fourth-order valence-corrected chi connectivity index (χ4v) is 4.15. The number of carbonyl (C=O) groups is 2. The van der Waals surface area contributed by atoms with Crippen molar-refractivity contribution in [2.24, 2.45) is 5.92 Å². The van der Waals surface area contributed by atoms with Crippen molar-refractivity contribution in [1.82, 2.24) is 10.6 Å². The SMILES string of the molecule is Cc1ccc(CCCOC(=O)NC2CCCCC2C(=O)NC(C#N)c2cccc(O)c2)cc1. The minimum atomic E-state index is -0.874. The second-order valence-electron chi connectivity index (χ2n) is 8.53. The van der Waals surface area contributed by atoms with E-state index < -0.39 is 18.1 Å². The van der Waals surface area contributed by atoms with Crippen molar-refractivity contribution in [3.63, 3.8) is 0 Å².